The minimum Gasteiger partial charge on any atom is -0.491 e. The van der Waals surface area contributed by atoms with Crippen molar-refractivity contribution in [2.75, 3.05) is 6.61 Å². The first-order valence-electron chi connectivity index (χ1n) is 6.52. The molecule has 0 aromatic heterocycles. The third-order valence-electron chi connectivity index (χ3n) is 3.66. The molecule has 1 heterocycles. The molecule has 1 unspecified atom stereocenters. The van der Waals surface area contributed by atoms with Gasteiger partial charge < -0.3 is 15.2 Å². The molecule has 1 aliphatic carbocycles. The Labute approximate surface area is 102 Å². The van der Waals surface area contributed by atoms with Crippen molar-refractivity contribution in [1.82, 2.24) is 0 Å². The van der Waals surface area contributed by atoms with Gasteiger partial charge in [0.25, 0.3) is 0 Å². The fourth-order valence-electron chi connectivity index (χ4n) is 2.66. The summed E-state index contributed by atoms with van der Waals surface area (Å²) in [5, 5.41) is 0. The predicted molar refractivity (Wildman–Crippen MR) is 66.4 cm³/mol. The van der Waals surface area contributed by atoms with E-state index >= 15 is 0 Å². The first-order chi connectivity index (χ1) is 8.33. The smallest absolute Gasteiger partial charge is 0.127 e. The molecule has 17 heavy (non-hydrogen) atoms. The maximum Gasteiger partial charge on any atom is 0.127 e. The van der Waals surface area contributed by atoms with Crippen LogP contribution in [0.3, 0.4) is 0 Å². The lowest BCUT2D eigenvalue weighted by Gasteiger charge is -2.23. The molecular formula is C14H19NO2. The van der Waals surface area contributed by atoms with Crippen LogP contribution in [0.5, 0.6) is 11.5 Å². The quantitative estimate of drug-likeness (QED) is 0.854. The van der Waals surface area contributed by atoms with Gasteiger partial charge in [-0.1, -0.05) is 6.42 Å². The number of fused-ring (bicyclic) bond motifs is 1. The van der Waals surface area contributed by atoms with Gasteiger partial charge in [-0.3, -0.25) is 0 Å². The van der Waals surface area contributed by atoms with Crippen molar-refractivity contribution in [3.63, 3.8) is 0 Å². The minimum absolute atomic E-state index is 0.0220. The molecule has 0 saturated heterocycles. The summed E-state index contributed by atoms with van der Waals surface area (Å²) in [7, 11) is 0. The van der Waals surface area contributed by atoms with E-state index < -0.39 is 0 Å². The summed E-state index contributed by atoms with van der Waals surface area (Å²) in [6.07, 6.45) is 6.67. The van der Waals surface area contributed by atoms with Gasteiger partial charge in [0.05, 0.1) is 12.1 Å². The van der Waals surface area contributed by atoms with E-state index in [0.717, 1.165) is 17.1 Å². The number of rotatable bonds is 2. The van der Waals surface area contributed by atoms with Gasteiger partial charge in [0.1, 0.15) is 18.1 Å². The van der Waals surface area contributed by atoms with Crippen molar-refractivity contribution in [2.45, 2.75) is 44.2 Å². The molecule has 1 saturated carbocycles. The van der Waals surface area contributed by atoms with Crippen molar-refractivity contribution < 1.29 is 9.47 Å². The molecule has 0 bridgehead atoms. The maximum atomic E-state index is 5.99. The van der Waals surface area contributed by atoms with Gasteiger partial charge in [-0.15, -0.1) is 0 Å². The van der Waals surface area contributed by atoms with E-state index in [-0.39, 0.29) is 6.04 Å². The molecule has 92 valence electrons. The Kier molecular flexibility index (Phi) is 2.93. The average Bonchev–Trinajstić information content (AvgIpc) is 2.72. The fourth-order valence-corrected chi connectivity index (χ4v) is 2.66. The van der Waals surface area contributed by atoms with Gasteiger partial charge in [-0.25, -0.2) is 0 Å². The van der Waals surface area contributed by atoms with Crippen molar-refractivity contribution in [3.8, 4) is 11.5 Å². The molecule has 3 heteroatoms. The molecule has 0 spiro atoms. The second kappa shape index (κ2) is 4.57. The lowest BCUT2D eigenvalue weighted by molar-refractivity contribution is 0.154. The summed E-state index contributed by atoms with van der Waals surface area (Å²) < 4.78 is 11.5. The van der Waals surface area contributed by atoms with Gasteiger partial charge in [0.2, 0.25) is 0 Å². The Bertz CT molecular complexity index is 399. The Hall–Kier alpha value is -1.22. The normalized spacial score (nSPS) is 24.2. The lowest BCUT2D eigenvalue weighted by Crippen LogP contribution is -2.19. The zero-order valence-corrected chi connectivity index (χ0v) is 10.0. The highest BCUT2D eigenvalue weighted by Crippen LogP contribution is 2.35. The molecule has 1 aliphatic heterocycles. The molecule has 1 aromatic rings. The Morgan fingerprint density at radius 3 is 2.82 bits per heavy atom. The third kappa shape index (κ3) is 2.25. The van der Waals surface area contributed by atoms with Crippen LogP contribution in [-0.4, -0.2) is 12.7 Å². The number of hydrogen-bond acceptors (Lipinski definition) is 3. The monoisotopic (exact) mass is 233 g/mol. The molecule has 1 atom stereocenters. The Morgan fingerprint density at radius 1 is 1.18 bits per heavy atom. The summed E-state index contributed by atoms with van der Waals surface area (Å²) in [5.41, 5.74) is 7.01. The number of nitrogens with two attached hydrogens (primary N) is 1. The molecule has 1 aromatic carbocycles. The predicted octanol–water partition coefficient (Wildman–Crippen LogP) is 2.79. The summed E-state index contributed by atoms with van der Waals surface area (Å²) in [5.74, 6) is 1.82. The van der Waals surface area contributed by atoms with Crippen LogP contribution in [0.2, 0.25) is 0 Å². The van der Waals surface area contributed by atoms with Crippen molar-refractivity contribution in [3.05, 3.63) is 23.8 Å². The Balaban J connectivity index is 1.71. The van der Waals surface area contributed by atoms with E-state index in [1.807, 2.05) is 18.2 Å². The van der Waals surface area contributed by atoms with E-state index in [1.54, 1.807) is 0 Å². The highest BCUT2D eigenvalue weighted by Gasteiger charge is 2.22. The highest BCUT2D eigenvalue weighted by atomic mass is 16.5. The highest BCUT2D eigenvalue weighted by molar-refractivity contribution is 5.44. The lowest BCUT2D eigenvalue weighted by atomic mass is 9.98. The van der Waals surface area contributed by atoms with Crippen molar-refractivity contribution in [1.29, 1.82) is 0 Å². The largest absolute Gasteiger partial charge is 0.491 e. The number of ether oxygens (including phenoxy) is 2. The zero-order valence-electron chi connectivity index (χ0n) is 10.0. The fraction of sp³-hybridized carbons (Fsp3) is 0.571. The SMILES string of the molecule is NC1COc2cc(OC3CCCCC3)ccc21. The van der Waals surface area contributed by atoms with Crippen LogP contribution in [0.25, 0.3) is 0 Å². The van der Waals surface area contributed by atoms with Crippen LogP contribution in [0, 0.1) is 0 Å². The van der Waals surface area contributed by atoms with Crippen LogP contribution in [-0.2, 0) is 0 Å². The van der Waals surface area contributed by atoms with Crippen LogP contribution >= 0.6 is 0 Å². The molecule has 0 amide bonds. The summed E-state index contributed by atoms with van der Waals surface area (Å²) in [6.45, 7) is 0.586. The van der Waals surface area contributed by atoms with E-state index in [9.17, 15) is 0 Å². The molecule has 0 radical (unpaired) electrons. The first-order valence-corrected chi connectivity index (χ1v) is 6.52. The van der Waals surface area contributed by atoms with Gasteiger partial charge in [-0.05, 0) is 37.8 Å². The summed E-state index contributed by atoms with van der Waals surface area (Å²) >= 11 is 0. The van der Waals surface area contributed by atoms with E-state index in [0.29, 0.717) is 12.7 Å². The Morgan fingerprint density at radius 2 is 2.00 bits per heavy atom. The van der Waals surface area contributed by atoms with Gasteiger partial charge in [0, 0.05) is 11.6 Å². The minimum atomic E-state index is 0.0220. The molecule has 2 N–H and O–H groups in total. The first kappa shape index (κ1) is 10.9. The van der Waals surface area contributed by atoms with Gasteiger partial charge in [-0.2, -0.15) is 0 Å². The second-order valence-corrected chi connectivity index (χ2v) is 4.99. The molecule has 3 nitrogen and oxygen atoms in total. The standard InChI is InChI=1S/C14H19NO2/c15-13-9-16-14-8-11(6-7-12(13)14)17-10-4-2-1-3-5-10/h6-8,10,13H,1-5,9,15H2. The van der Waals surface area contributed by atoms with Crippen LogP contribution in [0.1, 0.15) is 43.7 Å². The van der Waals surface area contributed by atoms with E-state index in [4.69, 9.17) is 15.2 Å². The summed E-state index contributed by atoms with van der Waals surface area (Å²) in [4.78, 5) is 0. The molecule has 1 fully saturated rings. The van der Waals surface area contributed by atoms with E-state index in [1.165, 1.54) is 32.1 Å². The van der Waals surface area contributed by atoms with Crippen molar-refractivity contribution in [2.24, 2.45) is 5.73 Å². The van der Waals surface area contributed by atoms with Crippen LogP contribution < -0.4 is 15.2 Å². The maximum absolute atomic E-state index is 5.99. The third-order valence-corrected chi connectivity index (χ3v) is 3.66. The second-order valence-electron chi connectivity index (χ2n) is 4.99. The summed E-state index contributed by atoms with van der Waals surface area (Å²) in [6, 6.07) is 6.05. The number of benzene rings is 1. The van der Waals surface area contributed by atoms with Crippen LogP contribution in [0.15, 0.2) is 18.2 Å². The number of hydrogen-bond donors (Lipinski definition) is 1. The van der Waals surface area contributed by atoms with Gasteiger partial charge >= 0.3 is 0 Å². The average molecular weight is 233 g/mol. The van der Waals surface area contributed by atoms with Crippen molar-refractivity contribution >= 4 is 0 Å². The van der Waals surface area contributed by atoms with Gasteiger partial charge in [0.15, 0.2) is 0 Å². The topological polar surface area (TPSA) is 44.5 Å². The molecule has 3 rings (SSSR count). The van der Waals surface area contributed by atoms with E-state index in [2.05, 4.69) is 0 Å². The zero-order chi connectivity index (χ0) is 11.7. The molecular weight excluding hydrogens is 214 g/mol. The molecule has 2 aliphatic rings. The van der Waals surface area contributed by atoms with Crippen LogP contribution in [0.4, 0.5) is 0 Å².